The van der Waals surface area contributed by atoms with Crippen molar-refractivity contribution in [1.29, 1.82) is 0 Å². The van der Waals surface area contributed by atoms with E-state index in [2.05, 4.69) is 47.9 Å². The van der Waals surface area contributed by atoms with Crippen molar-refractivity contribution in [2.45, 2.75) is 265 Å². The minimum atomic E-state index is -0.239. The molecule has 1 heterocycles. The van der Waals surface area contributed by atoms with Gasteiger partial charge in [0.25, 0.3) is 5.56 Å². The van der Waals surface area contributed by atoms with E-state index in [1.165, 1.54) is 128 Å². The molecule has 0 fully saturated rings. The molecule has 60 heavy (non-hydrogen) atoms. The van der Waals surface area contributed by atoms with Gasteiger partial charge in [-0.05, 0) is 96.7 Å². The number of nitrogens with one attached hydrogen (secondary N) is 2. The third-order valence-corrected chi connectivity index (χ3v) is 12.0. The number of unbranched alkanes of at least 4 members (excludes halogenated alkanes) is 23. The first kappa shape index (κ1) is 55.6. The summed E-state index contributed by atoms with van der Waals surface area (Å²) in [6, 6.07) is 1.43. The van der Waals surface area contributed by atoms with E-state index in [4.69, 9.17) is 9.47 Å². The van der Waals surface area contributed by atoms with Crippen LogP contribution in [0.25, 0.3) is 0 Å². The van der Waals surface area contributed by atoms with Crippen LogP contribution >= 0.6 is 0 Å². The van der Waals surface area contributed by atoms with Crippen LogP contribution in [0.2, 0.25) is 0 Å². The van der Waals surface area contributed by atoms with Crippen LogP contribution in [0.5, 0.6) is 0 Å². The van der Waals surface area contributed by atoms with Gasteiger partial charge in [0.2, 0.25) is 5.95 Å². The molecule has 1 aromatic heterocycles. The Balaban J connectivity index is 2.37. The quantitative estimate of drug-likeness (QED) is 0.0493. The molecule has 350 valence electrons. The summed E-state index contributed by atoms with van der Waals surface area (Å²) >= 11 is 0. The summed E-state index contributed by atoms with van der Waals surface area (Å²) < 4.78 is 11.9. The lowest BCUT2D eigenvalue weighted by Gasteiger charge is -2.22. The standard InChI is InChI=1S/C51H96N4O5/c1-5-9-12-15-20-27-35-46(8-4)59-49(57)38-30-23-18-25-32-43-55(45-34-41-52-51-53-42-40-48(56)54-51)44-33-26-19-24-31-39-50(58)60-47(36-28-21-16-13-10-6-2)37-29-22-17-14-11-7-3/h40,42,46-47H,5-39,41,43-45H2,1-4H3,(H2,52,53,54,56). The summed E-state index contributed by atoms with van der Waals surface area (Å²) in [5, 5.41) is 3.26. The maximum Gasteiger partial charge on any atom is 0.306 e. The molecule has 0 aliphatic carbocycles. The van der Waals surface area contributed by atoms with Gasteiger partial charge in [-0.2, -0.15) is 4.98 Å². The molecule has 0 spiro atoms. The van der Waals surface area contributed by atoms with Crippen LogP contribution in [0.1, 0.15) is 252 Å². The number of anilines is 1. The molecular formula is C51H96N4O5. The highest BCUT2D eigenvalue weighted by atomic mass is 16.5. The van der Waals surface area contributed by atoms with E-state index in [-0.39, 0.29) is 29.7 Å². The molecular weight excluding hydrogens is 749 g/mol. The van der Waals surface area contributed by atoms with Crippen molar-refractivity contribution < 1.29 is 19.1 Å². The number of nitrogens with zero attached hydrogens (tertiary/aromatic N) is 2. The number of hydrogen-bond acceptors (Lipinski definition) is 8. The molecule has 0 aliphatic heterocycles. The molecule has 1 aromatic rings. The molecule has 0 saturated carbocycles. The van der Waals surface area contributed by atoms with E-state index in [9.17, 15) is 14.4 Å². The molecule has 2 N–H and O–H groups in total. The highest BCUT2D eigenvalue weighted by Crippen LogP contribution is 2.19. The summed E-state index contributed by atoms with van der Waals surface area (Å²) in [4.78, 5) is 46.5. The number of carbonyl (C=O) groups excluding carboxylic acids is 2. The number of esters is 2. The monoisotopic (exact) mass is 845 g/mol. The summed E-state index contributed by atoms with van der Waals surface area (Å²) in [5.74, 6) is 0.514. The highest BCUT2D eigenvalue weighted by molar-refractivity contribution is 5.69. The van der Waals surface area contributed by atoms with Crippen LogP contribution in [0.4, 0.5) is 5.95 Å². The van der Waals surface area contributed by atoms with E-state index in [1.54, 1.807) is 6.20 Å². The first-order chi connectivity index (χ1) is 29.4. The maximum atomic E-state index is 12.9. The van der Waals surface area contributed by atoms with Gasteiger partial charge in [0, 0.05) is 31.6 Å². The van der Waals surface area contributed by atoms with Crippen LogP contribution in [-0.2, 0) is 19.1 Å². The molecule has 9 nitrogen and oxygen atoms in total. The van der Waals surface area contributed by atoms with E-state index in [1.807, 2.05) is 0 Å². The lowest BCUT2D eigenvalue weighted by Crippen LogP contribution is -2.28. The predicted molar refractivity (Wildman–Crippen MR) is 254 cm³/mol. The van der Waals surface area contributed by atoms with Crippen molar-refractivity contribution in [1.82, 2.24) is 14.9 Å². The van der Waals surface area contributed by atoms with E-state index in [0.29, 0.717) is 18.8 Å². The van der Waals surface area contributed by atoms with Crippen LogP contribution < -0.4 is 10.9 Å². The lowest BCUT2D eigenvalue weighted by molar-refractivity contribution is -0.150. The molecule has 1 rings (SSSR count). The number of rotatable bonds is 45. The third kappa shape index (κ3) is 35.2. The topological polar surface area (TPSA) is 114 Å². The molecule has 0 radical (unpaired) electrons. The van der Waals surface area contributed by atoms with Gasteiger partial charge >= 0.3 is 11.9 Å². The molecule has 9 heteroatoms. The van der Waals surface area contributed by atoms with Crippen molar-refractivity contribution in [3.63, 3.8) is 0 Å². The van der Waals surface area contributed by atoms with Gasteiger partial charge in [-0.15, -0.1) is 0 Å². The predicted octanol–water partition coefficient (Wildman–Crippen LogP) is 14.0. The van der Waals surface area contributed by atoms with E-state index < -0.39 is 0 Å². The minimum Gasteiger partial charge on any atom is -0.462 e. The minimum absolute atomic E-state index is 0.00963. The smallest absolute Gasteiger partial charge is 0.306 e. The highest BCUT2D eigenvalue weighted by Gasteiger charge is 2.15. The Kier molecular flexibility index (Phi) is 38.8. The molecule has 0 aromatic carbocycles. The van der Waals surface area contributed by atoms with Crippen molar-refractivity contribution in [2.24, 2.45) is 0 Å². The Morgan fingerprint density at radius 3 is 1.42 bits per heavy atom. The van der Waals surface area contributed by atoms with Crippen molar-refractivity contribution >= 4 is 17.9 Å². The number of hydrogen-bond donors (Lipinski definition) is 2. The first-order valence-corrected chi connectivity index (χ1v) is 25.8. The first-order valence-electron chi connectivity index (χ1n) is 25.8. The third-order valence-electron chi connectivity index (χ3n) is 12.0. The second-order valence-electron chi connectivity index (χ2n) is 17.7. The van der Waals surface area contributed by atoms with Gasteiger partial charge in [-0.1, -0.05) is 163 Å². The zero-order valence-corrected chi connectivity index (χ0v) is 39.8. The van der Waals surface area contributed by atoms with Gasteiger partial charge in [-0.25, -0.2) is 0 Å². The summed E-state index contributed by atoms with van der Waals surface area (Å²) in [6.45, 7) is 12.8. The Labute approximate surface area is 369 Å². The van der Waals surface area contributed by atoms with Gasteiger partial charge in [0.05, 0.1) is 0 Å². The second-order valence-corrected chi connectivity index (χ2v) is 17.7. The lowest BCUT2D eigenvalue weighted by atomic mass is 10.0. The number of carbonyl (C=O) groups is 2. The van der Waals surface area contributed by atoms with Crippen LogP contribution in [-0.4, -0.2) is 65.2 Å². The molecule has 0 aliphatic rings. The van der Waals surface area contributed by atoms with Gasteiger partial charge in [0.15, 0.2) is 0 Å². The average Bonchev–Trinajstić information content (AvgIpc) is 3.24. The summed E-state index contributed by atoms with van der Waals surface area (Å²) in [7, 11) is 0. The number of ether oxygens (including phenoxy) is 2. The van der Waals surface area contributed by atoms with Crippen molar-refractivity contribution in [2.75, 3.05) is 31.5 Å². The fourth-order valence-corrected chi connectivity index (χ4v) is 8.13. The molecule has 1 unspecified atom stereocenters. The fraction of sp³-hybridized carbons (Fsp3) is 0.882. The zero-order chi connectivity index (χ0) is 43.6. The van der Waals surface area contributed by atoms with Crippen LogP contribution in [0.15, 0.2) is 17.1 Å². The van der Waals surface area contributed by atoms with Crippen molar-refractivity contribution in [3.05, 3.63) is 22.6 Å². The maximum absolute atomic E-state index is 12.9. The van der Waals surface area contributed by atoms with Crippen LogP contribution in [0.3, 0.4) is 0 Å². The molecule has 0 amide bonds. The second kappa shape index (κ2) is 41.9. The number of aromatic nitrogens is 2. The normalized spacial score (nSPS) is 12.0. The molecule has 0 saturated heterocycles. The molecule has 1 atom stereocenters. The number of aromatic amines is 1. The number of H-pyrrole nitrogens is 1. The largest absolute Gasteiger partial charge is 0.462 e. The Hall–Kier alpha value is -2.42. The van der Waals surface area contributed by atoms with Gasteiger partial charge < -0.3 is 24.7 Å². The Morgan fingerprint density at radius 2 is 0.950 bits per heavy atom. The molecule has 0 bridgehead atoms. The zero-order valence-electron chi connectivity index (χ0n) is 39.8. The van der Waals surface area contributed by atoms with Crippen molar-refractivity contribution in [3.8, 4) is 0 Å². The Bertz CT molecular complexity index is 1150. The van der Waals surface area contributed by atoms with Crippen LogP contribution in [0, 0.1) is 0 Å². The summed E-state index contributed by atoms with van der Waals surface area (Å²) in [6.07, 6.45) is 41.7. The average molecular weight is 845 g/mol. The SMILES string of the molecule is CCCCCCCCC(CC)OC(=O)CCCCCCCN(CCCCCCCC(=O)OC(CCCCCCCC)CCCCCCCC)CCCNc1nc(=O)cc[nH]1. The van der Waals surface area contributed by atoms with E-state index in [0.717, 1.165) is 116 Å². The van der Waals surface area contributed by atoms with Gasteiger partial charge in [0.1, 0.15) is 12.2 Å². The fourth-order valence-electron chi connectivity index (χ4n) is 8.13. The van der Waals surface area contributed by atoms with Gasteiger partial charge in [-0.3, -0.25) is 14.4 Å². The van der Waals surface area contributed by atoms with E-state index >= 15 is 0 Å². The Morgan fingerprint density at radius 1 is 0.550 bits per heavy atom. The summed E-state index contributed by atoms with van der Waals surface area (Å²) in [5.41, 5.74) is -0.239.